The highest BCUT2D eigenvalue weighted by molar-refractivity contribution is 9.11. The van der Waals surface area contributed by atoms with Crippen LogP contribution in [-0.2, 0) is 0 Å². The Balaban J connectivity index is 2.20. The standard InChI is InChI=1S/C11H11Br2NO3/c12-6-1-2-7(8(13)3-6)11(17)14-4-9(15)10(16)5-14/h1-3,9-10,15-16H,4-5H2. The van der Waals surface area contributed by atoms with Crippen molar-refractivity contribution in [2.24, 2.45) is 0 Å². The van der Waals surface area contributed by atoms with Gasteiger partial charge in [0.15, 0.2) is 0 Å². The number of carbonyl (C=O) groups is 1. The third-order valence-electron chi connectivity index (χ3n) is 2.71. The maximum Gasteiger partial charge on any atom is 0.255 e. The van der Waals surface area contributed by atoms with E-state index in [2.05, 4.69) is 31.9 Å². The highest BCUT2D eigenvalue weighted by atomic mass is 79.9. The van der Waals surface area contributed by atoms with Crippen LogP contribution in [0.4, 0.5) is 0 Å². The molecule has 17 heavy (non-hydrogen) atoms. The van der Waals surface area contributed by atoms with Crippen LogP contribution in [-0.4, -0.2) is 46.3 Å². The van der Waals surface area contributed by atoms with Crippen LogP contribution in [0.1, 0.15) is 10.4 Å². The van der Waals surface area contributed by atoms with Crippen LogP contribution in [0.5, 0.6) is 0 Å². The Hall–Kier alpha value is -0.430. The normalized spacial score (nSPS) is 24.1. The fourth-order valence-corrected chi connectivity index (χ4v) is 2.99. The molecule has 1 fully saturated rings. The fourth-order valence-electron chi connectivity index (χ4n) is 1.77. The van der Waals surface area contributed by atoms with Gasteiger partial charge in [-0.1, -0.05) is 15.9 Å². The summed E-state index contributed by atoms with van der Waals surface area (Å²) in [7, 11) is 0. The van der Waals surface area contributed by atoms with Crippen LogP contribution in [0.15, 0.2) is 27.1 Å². The smallest absolute Gasteiger partial charge is 0.255 e. The molecule has 1 aliphatic rings. The molecule has 0 spiro atoms. The number of β-amino-alcohol motifs (C(OH)–C–C–N with tert-alkyl or cyclic N) is 2. The average molecular weight is 365 g/mol. The number of likely N-dealkylation sites (tertiary alicyclic amines) is 1. The number of nitrogens with zero attached hydrogens (tertiary/aromatic N) is 1. The number of halogens is 2. The van der Waals surface area contributed by atoms with Crippen LogP contribution in [0.3, 0.4) is 0 Å². The maximum absolute atomic E-state index is 12.1. The zero-order chi connectivity index (χ0) is 12.6. The number of hydrogen-bond acceptors (Lipinski definition) is 3. The van der Waals surface area contributed by atoms with E-state index in [1.54, 1.807) is 18.2 Å². The Labute approximate surface area is 115 Å². The van der Waals surface area contributed by atoms with E-state index in [4.69, 9.17) is 0 Å². The molecule has 1 heterocycles. The number of aliphatic hydroxyl groups excluding tert-OH is 2. The quantitative estimate of drug-likeness (QED) is 0.791. The lowest BCUT2D eigenvalue weighted by atomic mass is 10.2. The summed E-state index contributed by atoms with van der Waals surface area (Å²) in [6, 6.07) is 5.27. The van der Waals surface area contributed by atoms with E-state index in [0.717, 1.165) is 4.47 Å². The van der Waals surface area contributed by atoms with Crippen LogP contribution in [0, 0.1) is 0 Å². The Morgan fingerprint density at radius 1 is 1.24 bits per heavy atom. The summed E-state index contributed by atoms with van der Waals surface area (Å²) in [6.07, 6.45) is -1.71. The van der Waals surface area contributed by atoms with Crippen molar-refractivity contribution < 1.29 is 15.0 Å². The number of rotatable bonds is 1. The van der Waals surface area contributed by atoms with E-state index in [1.807, 2.05) is 0 Å². The van der Waals surface area contributed by atoms with Crippen LogP contribution in [0.2, 0.25) is 0 Å². The van der Waals surface area contributed by atoms with Gasteiger partial charge in [0, 0.05) is 22.0 Å². The van der Waals surface area contributed by atoms with Gasteiger partial charge in [-0.2, -0.15) is 0 Å². The van der Waals surface area contributed by atoms with Gasteiger partial charge in [0.05, 0.1) is 17.8 Å². The molecule has 6 heteroatoms. The van der Waals surface area contributed by atoms with Crippen molar-refractivity contribution in [1.29, 1.82) is 0 Å². The summed E-state index contributed by atoms with van der Waals surface area (Å²) >= 11 is 6.64. The summed E-state index contributed by atoms with van der Waals surface area (Å²) < 4.78 is 1.56. The molecule has 2 unspecified atom stereocenters. The van der Waals surface area contributed by atoms with Gasteiger partial charge in [-0.3, -0.25) is 4.79 Å². The van der Waals surface area contributed by atoms with Gasteiger partial charge < -0.3 is 15.1 Å². The lowest BCUT2D eigenvalue weighted by molar-refractivity contribution is 0.0572. The molecule has 1 amide bonds. The number of aliphatic hydroxyl groups is 2. The van der Waals surface area contributed by atoms with Crippen LogP contribution < -0.4 is 0 Å². The van der Waals surface area contributed by atoms with Crippen LogP contribution >= 0.6 is 31.9 Å². The number of hydrogen-bond donors (Lipinski definition) is 2. The Morgan fingerprint density at radius 2 is 1.82 bits per heavy atom. The van der Waals surface area contributed by atoms with E-state index in [9.17, 15) is 15.0 Å². The van der Waals surface area contributed by atoms with Crippen molar-refractivity contribution in [3.05, 3.63) is 32.7 Å². The van der Waals surface area contributed by atoms with E-state index in [-0.39, 0.29) is 19.0 Å². The van der Waals surface area contributed by atoms with E-state index in [0.29, 0.717) is 10.0 Å². The molecular weight excluding hydrogens is 354 g/mol. The first-order valence-electron chi connectivity index (χ1n) is 5.09. The molecule has 2 atom stereocenters. The van der Waals surface area contributed by atoms with Crippen molar-refractivity contribution in [1.82, 2.24) is 4.90 Å². The topological polar surface area (TPSA) is 60.8 Å². The summed E-state index contributed by atoms with van der Waals surface area (Å²) in [6.45, 7) is 0.338. The summed E-state index contributed by atoms with van der Waals surface area (Å²) in [5.41, 5.74) is 0.523. The molecule has 0 bridgehead atoms. The summed E-state index contributed by atoms with van der Waals surface area (Å²) in [5, 5.41) is 18.8. The zero-order valence-electron chi connectivity index (χ0n) is 8.81. The molecule has 2 rings (SSSR count). The predicted molar refractivity (Wildman–Crippen MR) is 69.8 cm³/mol. The minimum atomic E-state index is -0.854. The van der Waals surface area contributed by atoms with Crippen molar-refractivity contribution in [3.63, 3.8) is 0 Å². The van der Waals surface area contributed by atoms with Crippen molar-refractivity contribution in [2.75, 3.05) is 13.1 Å². The first-order valence-corrected chi connectivity index (χ1v) is 6.68. The molecule has 1 aromatic carbocycles. The van der Waals surface area contributed by atoms with Crippen LogP contribution in [0.25, 0.3) is 0 Å². The van der Waals surface area contributed by atoms with Gasteiger partial charge in [0.25, 0.3) is 5.91 Å². The summed E-state index contributed by atoms with van der Waals surface area (Å²) in [5.74, 6) is -0.194. The largest absolute Gasteiger partial charge is 0.388 e. The predicted octanol–water partition coefficient (Wildman–Crippen LogP) is 1.39. The van der Waals surface area contributed by atoms with Gasteiger partial charge in [0.1, 0.15) is 0 Å². The third-order valence-corrected chi connectivity index (χ3v) is 3.86. The number of amides is 1. The number of benzene rings is 1. The molecule has 1 aliphatic heterocycles. The van der Waals surface area contributed by atoms with Gasteiger partial charge in [0.2, 0.25) is 0 Å². The van der Waals surface area contributed by atoms with Crippen molar-refractivity contribution in [2.45, 2.75) is 12.2 Å². The van der Waals surface area contributed by atoms with Gasteiger partial charge >= 0.3 is 0 Å². The molecule has 0 saturated carbocycles. The highest BCUT2D eigenvalue weighted by Gasteiger charge is 2.33. The third kappa shape index (κ3) is 2.70. The summed E-state index contributed by atoms with van der Waals surface area (Å²) in [4.78, 5) is 13.6. The van der Waals surface area contributed by atoms with E-state index in [1.165, 1.54) is 4.90 Å². The van der Waals surface area contributed by atoms with Gasteiger partial charge in [-0.05, 0) is 34.1 Å². The highest BCUT2D eigenvalue weighted by Crippen LogP contribution is 2.24. The second-order valence-corrected chi connectivity index (χ2v) is 5.74. The molecule has 0 aromatic heterocycles. The SMILES string of the molecule is O=C(c1ccc(Br)cc1Br)N1CC(O)C(O)C1. The number of carbonyl (C=O) groups excluding carboxylic acids is 1. The molecule has 0 aliphatic carbocycles. The zero-order valence-corrected chi connectivity index (χ0v) is 12.0. The maximum atomic E-state index is 12.1. The average Bonchev–Trinajstić information content (AvgIpc) is 2.58. The Bertz CT molecular complexity index is 442. The molecule has 0 radical (unpaired) electrons. The van der Waals surface area contributed by atoms with E-state index >= 15 is 0 Å². The monoisotopic (exact) mass is 363 g/mol. The molecule has 4 nitrogen and oxygen atoms in total. The minimum Gasteiger partial charge on any atom is -0.388 e. The second-order valence-electron chi connectivity index (χ2n) is 3.97. The fraction of sp³-hybridized carbons (Fsp3) is 0.364. The lowest BCUT2D eigenvalue weighted by Gasteiger charge is -2.16. The molecular formula is C11H11Br2NO3. The van der Waals surface area contributed by atoms with Crippen molar-refractivity contribution >= 4 is 37.8 Å². The molecule has 1 saturated heterocycles. The Kier molecular flexibility index (Phi) is 3.87. The molecule has 92 valence electrons. The van der Waals surface area contributed by atoms with Gasteiger partial charge in [-0.25, -0.2) is 0 Å². The Morgan fingerprint density at radius 3 is 2.35 bits per heavy atom. The van der Waals surface area contributed by atoms with Crippen molar-refractivity contribution in [3.8, 4) is 0 Å². The minimum absolute atomic E-state index is 0.169. The first-order chi connectivity index (χ1) is 7.99. The van der Waals surface area contributed by atoms with E-state index < -0.39 is 12.2 Å². The first kappa shape index (κ1) is 13.0. The van der Waals surface area contributed by atoms with Gasteiger partial charge in [-0.15, -0.1) is 0 Å². The second kappa shape index (κ2) is 5.06. The molecule has 2 N–H and O–H groups in total. The molecule has 1 aromatic rings. The lowest BCUT2D eigenvalue weighted by Crippen LogP contribution is -2.30.